The number of nitrogens with zero attached hydrogens (tertiary/aromatic N) is 1. The van der Waals surface area contributed by atoms with Crippen LogP contribution in [0.1, 0.15) is 5.56 Å². The number of rotatable bonds is 2. The van der Waals surface area contributed by atoms with Crippen LogP contribution in [0, 0.1) is 0 Å². The fraction of sp³-hybridized carbons (Fsp3) is 0.200. The Kier molecular flexibility index (Phi) is 2.39. The van der Waals surface area contributed by atoms with Crippen LogP contribution >= 0.6 is 0 Å². The second-order valence-electron chi connectivity index (χ2n) is 3.26. The normalized spacial score (nSPS) is 15.7. The van der Waals surface area contributed by atoms with E-state index in [4.69, 9.17) is 5.73 Å². The van der Waals surface area contributed by atoms with Gasteiger partial charge in [-0.2, -0.15) is 0 Å². The SMILES string of the molecule is NCc1ccc(N2C(=O)CNC2=O)cc1. The number of hydrogen-bond donors (Lipinski definition) is 2. The first-order valence-electron chi connectivity index (χ1n) is 4.62. The zero-order chi connectivity index (χ0) is 10.8. The van der Waals surface area contributed by atoms with E-state index in [9.17, 15) is 9.59 Å². The number of amides is 3. The van der Waals surface area contributed by atoms with Crippen LogP contribution < -0.4 is 16.0 Å². The smallest absolute Gasteiger partial charge is 0.328 e. The second-order valence-corrected chi connectivity index (χ2v) is 3.26. The maximum atomic E-state index is 11.4. The summed E-state index contributed by atoms with van der Waals surface area (Å²) in [4.78, 5) is 23.8. The minimum Gasteiger partial charge on any atom is -0.328 e. The molecule has 0 atom stereocenters. The average molecular weight is 205 g/mol. The van der Waals surface area contributed by atoms with Crippen molar-refractivity contribution in [3.8, 4) is 0 Å². The van der Waals surface area contributed by atoms with Crippen LogP contribution in [0.5, 0.6) is 0 Å². The number of imide groups is 1. The summed E-state index contributed by atoms with van der Waals surface area (Å²) in [5.41, 5.74) is 6.99. The molecule has 78 valence electrons. The fourth-order valence-corrected chi connectivity index (χ4v) is 1.46. The molecule has 1 aromatic rings. The minimum atomic E-state index is -0.375. The molecule has 5 heteroatoms. The van der Waals surface area contributed by atoms with E-state index in [0.29, 0.717) is 12.2 Å². The van der Waals surface area contributed by atoms with Gasteiger partial charge in [0, 0.05) is 6.54 Å². The summed E-state index contributed by atoms with van der Waals surface area (Å²) in [6, 6.07) is 6.65. The lowest BCUT2D eigenvalue weighted by Crippen LogP contribution is -2.30. The van der Waals surface area contributed by atoms with E-state index < -0.39 is 0 Å². The Balaban J connectivity index is 2.29. The quantitative estimate of drug-likeness (QED) is 0.677. The van der Waals surface area contributed by atoms with E-state index in [0.717, 1.165) is 10.5 Å². The van der Waals surface area contributed by atoms with Gasteiger partial charge < -0.3 is 11.1 Å². The van der Waals surface area contributed by atoms with Gasteiger partial charge in [-0.25, -0.2) is 9.69 Å². The fourth-order valence-electron chi connectivity index (χ4n) is 1.46. The molecule has 0 spiro atoms. The summed E-state index contributed by atoms with van der Waals surface area (Å²) in [5, 5.41) is 2.46. The Bertz CT molecular complexity index is 384. The van der Waals surface area contributed by atoms with Crippen molar-refractivity contribution in [2.45, 2.75) is 6.54 Å². The Morgan fingerprint density at radius 3 is 2.40 bits per heavy atom. The van der Waals surface area contributed by atoms with Gasteiger partial charge in [0.25, 0.3) is 5.91 Å². The van der Waals surface area contributed by atoms with Crippen LogP contribution in [0.15, 0.2) is 24.3 Å². The van der Waals surface area contributed by atoms with Gasteiger partial charge in [0.15, 0.2) is 0 Å². The lowest BCUT2D eigenvalue weighted by molar-refractivity contribution is -0.115. The Morgan fingerprint density at radius 2 is 1.93 bits per heavy atom. The van der Waals surface area contributed by atoms with Crippen molar-refractivity contribution in [1.29, 1.82) is 0 Å². The highest BCUT2D eigenvalue weighted by Gasteiger charge is 2.29. The Hall–Kier alpha value is -1.88. The van der Waals surface area contributed by atoms with Gasteiger partial charge in [0.2, 0.25) is 0 Å². The zero-order valence-electron chi connectivity index (χ0n) is 8.06. The third kappa shape index (κ3) is 1.69. The van der Waals surface area contributed by atoms with Gasteiger partial charge in [-0.1, -0.05) is 12.1 Å². The van der Waals surface area contributed by atoms with Gasteiger partial charge in [-0.05, 0) is 17.7 Å². The molecule has 1 heterocycles. The molecule has 1 aromatic carbocycles. The van der Waals surface area contributed by atoms with E-state index in [2.05, 4.69) is 5.32 Å². The molecule has 2 rings (SSSR count). The number of nitrogens with two attached hydrogens (primary N) is 1. The van der Waals surface area contributed by atoms with Crippen molar-refractivity contribution in [2.75, 3.05) is 11.4 Å². The van der Waals surface area contributed by atoms with Crippen LogP contribution in [0.2, 0.25) is 0 Å². The summed E-state index contributed by atoms with van der Waals surface area (Å²) >= 11 is 0. The molecular formula is C10H11N3O2. The lowest BCUT2D eigenvalue weighted by atomic mass is 10.2. The highest BCUT2D eigenvalue weighted by molar-refractivity contribution is 6.19. The van der Waals surface area contributed by atoms with Gasteiger partial charge in [0.1, 0.15) is 0 Å². The Morgan fingerprint density at radius 1 is 1.27 bits per heavy atom. The molecule has 15 heavy (non-hydrogen) atoms. The van der Waals surface area contributed by atoms with Crippen molar-refractivity contribution >= 4 is 17.6 Å². The summed E-state index contributed by atoms with van der Waals surface area (Å²) in [6.07, 6.45) is 0. The summed E-state index contributed by atoms with van der Waals surface area (Å²) in [7, 11) is 0. The van der Waals surface area contributed by atoms with Gasteiger partial charge in [-0.3, -0.25) is 4.79 Å². The average Bonchev–Trinajstić information content (AvgIpc) is 2.59. The molecule has 0 aromatic heterocycles. The molecule has 1 saturated heterocycles. The molecule has 0 aliphatic carbocycles. The summed E-state index contributed by atoms with van der Waals surface area (Å²) < 4.78 is 0. The molecule has 5 nitrogen and oxygen atoms in total. The zero-order valence-corrected chi connectivity index (χ0v) is 8.06. The highest BCUT2D eigenvalue weighted by atomic mass is 16.2. The monoisotopic (exact) mass is 205 g/mol. The molecular weight excluding hydrogens is 194 g/mol. The largest absolute Gasteiger partial charge is 0.329 e. The van der Waals surface area contributed by atoms with E-state index in [1.54, 1.807) is 24.3 Å². The molecule has 0 radical (unpaired) electrons. The van der Waals surface area contributed by atoms with Crippen molar-refractivity contribution in [3.63, 3.8) is 0 Å². The van der Waals surface area contributed by atoms with Gasteiger partial charge in [-0.15, -0.1) is 0 Å². The number of urea groups is 1. The summed E-state index contributed by atoms with van der Waals surface area (Å²) in [5.74, 6) is -0.236. The predicted octanol–water partition coefficient (Wildman–Crippen LogP) is 0.202. The topological polar surface area (TPSA) is 75.4 Å². The van der Waals surface area contributed by atoms with E-state index >= 15 is 0 Å². The van der Waals surface area contributed by atoms with Crippen molar-refractivity contribution in [1.82, 2.24) is 5.32 Å². The predicted molar refractivity (Wildman–Crippen MR) is 55.2 cm³/mol. The molecule has 1 aliphatic heterocycles. The standard InChI is InChI=1S/C10H11N3O2/c11-5-7-1-3-8(4-2-7)13-9(14)6-12-10(13)15/h1-4H,5-6,11H2,(H,12,15). The van der Waals surface area contributed by atoms with Crippen LogP contribution in [0.4, 0.5) is 10.5 Å². The first kappa shape index (κ1) is 9.67. The first-order chi connectivity index (χ1) is 7.22. The molecule has 0 saturated carbocycles. The van der Waals surface area contributed by atoms with Gasteiger partial charge >= 0.3 is 6.03 Å². The Labute approximate surface area is 86.9 Å². The van der Waals surface area contributed by atoms with Crippen LogP contribution in [0.25, 0.3) is 0 Å². The molecule has 1 fully saturated rings. The minimum absolute atomic E-state index is 0.0669. The number of carbonyl (C=O) groups excluding carboxylic acids is 2. The maximum Gasteiger partial charge on any atom is 0.329 e. The highest BCUT2D eigenvalue weighted by Crippen LogP contribution is 2.17. The van der Waals surface area contributed by atoms with E-state index in [-0.39, 0.29) is 18.5 Å². The number of carbonyl (C=O) groups is 2. The number of nitrogens with one attached hydrogen (secondary N) is 1. The van der Waals surface area contributed by atoms with Crippen molar-refractivity contribution < 1.29 is 9.59 Å². The van der Waals surface area contributed by atoms with Gasteiger partial charge in [0.05, 0.1) is 12.2 Å². The molecule has 1 aliphatic rings. The third-order valence-corrected chi connectivity index (χ3v) is 2.27. The third-order valence-electron chi connectivity index (χ3n) is 2.27. The van der Waals surface area contributed by atoms with E-state index in [1.807, 2.05) is 0 Å². The number of benzene rings is 1. The first-order valence-corrected chi connectivity index (χ1v) is 4.62. The number of anilines is 1. The van der Waals surface area contributed by atoms with Crippen molar-refractivity contribution in [3.05, 3.63) is 29.8 Å². The second kappa shape index (κ2) is 3.70. The maximum absolute atomic E-state index is 11.4. The van der Waals surface area contributed by atoms with Crippen LogP contribution in [-0.4, -0.2) is 18.5 Å². The van der Waals surface area contributed by atoms with Crippen LogP contribution in [-0.2, 0) is 11.3 Å². The molecule has 0 unspecified atom stereocenters. The number of hydrogen-bond acceptors (Lipinski definition) is 3. The van der Waals surface area contributed by atoms with E-state index in [1.165, 1.54) is 0 Å². The summed E-state index contributed by atoms with van der Waals surface area (Å²) in [6.45, 7) is 0.512. The lowest BCUT2D eigenvalue weighted by Gasteiger charge is -2.12. The van der Waals surface area contributed by atoms with Crippen LogP contribution in [0.3, 0.4) is 0 Å². The molecule has 3 amide bonds. The van der Waals surface area contributed by atoms with Crippen molar-refractivity contribution in [2.24, 2.45) is 5.73 Å². The molecule has 0 bridgehead atoms. The molecule has 3 N–H and O–H groups in total.